The molecule has 0 amide bonds. The van der Waals surface area contributed by atoms with Crippen LogP contribution in [0.5, 0.6) is 0 Å². The van der Waals surface area contributed by atoms with Crippen LogP contribution >= 0.6 is 0 Å². The van der Waals surface area contributed by atoms with Gasteiger partial charge in [0.25, 0.3) is 0 Å². The number of aliphatic imine (C=N–C) groups is 1. The molecule has 0 aliphatic rings. The quantitative estimate of drug-likeness (QED) is 0.453. The lowest BCUT2D eigenvalue weighted by Gasteiger charge is -2.23. The molecule has 1 aromatic carbocycles. The lowest BCUT2D eigenvalue weighted by molar-refractivity contribution is 0.0672. The highest BCUT2D eigenvalue weighted by molar-refractivity contribution is 5.79. The Kier molecular flexibility index (Phi) is 9.42. The van der Waals surface area contributed by atoms with Crippen LogP contribution in [0.4, 0.5) is 0 Å². The number of guanidine groups is 1. The molecule has 1 atom stereocenters. The zero-order chi connectivity index (χ0) is 17.8. The van der Waals surface area contributed by atoms with Crippen molar-refractivity contribution in [3.63, 3.8) is 0 Å². The summed E-state index contributed by atoms with van der Waals surface area (Å²) in [6, 6.07) is 9.67. The van der Waals surface area contributed by atoms with E-state index >= 15 is 0 Å². The van der Waals surface area contributed by atoms with Crippen LogP contribution in [0.3, 0.4) is 0 Å². The number of hydrogen-bond acceptors (Lipinski definition) is 3. The molecule has 1 aromatic rings. The minimum absolute atomic E-state index is 0.317. The third kappa shape index (κ3) is 7.79. The van der Waals surface area contributed by atoms with Gasteiger partial charge in [-0.1, -0.05) is 43.7 Å². The zero-order valence-corrected chi connectivity index (χ0v) is 15.7. The van der Waals surface area contributed by atoms with Crippen molar-refractivity contribution in [3.8, 4) is 0 Å². The Hall–Kier alpha value is -1.59. The molecule has 0 radical (unpaired) electrons. The fraction of sp³-hybridized carbons (Fsp3) is 0.632. The van der Waals surface area contributed by atoms with Crippen molar-refractivity contribution in [3.05, 3.63) is 35.9 Å². The predicted molar refractivity (Wildman–Crippen MR) is 102 cm³/mol. The third-order valence-electron chi connectivity index (χ3n) is 3.96. The first-order valence-corrected chi connectivity index (χ1v) is 8.98. The molecule has 3 N–H and O–H groups in total. The largest absolute Gasteiger partial charge is 0.384 e. The van der Waals surface area contributed by atoms with Crippen LogP contribution in [0.2, 0.25) is 0 Å². The molecule has 0 saturated heterocycles. The van der Waals surface area contributed by atoms with Gasteiger partial charge in [-0.25, -0.2) is 4.99 Å². The Morgan fingerprint density at radius 2 is 1.88 bits per heavy atom. The molecule has 0 fully saturated rings. The molecule has 0 heterocycles. The van der Waals surface area contributed by atoms with Gasteiger partial charge >= 0.3 is 0 Å². The van der Waals surface area contributed by atoms with Crippen molar-refractivity contribution in [2.24, 2.45) is 4.99 Å². The summed E-state index contributed by atoms with van der Waals surface area (Å²) in [7, 11) is 2.14. The zero-order valence-electron chi connectivity index (χ0n) is 15.7. The van der Waals surface area contributed by atoms with Gasteiger partial charge in [0.2, 0.25) is 0 Å². The first-order valence-electron chi connectivity index (χ1n) is 8.98. The summed E-state index contributed by atoms with van der Waals surface area (Å²) in [6.45, 7) is 10.1. The van der Waals surface area contributed by atoms with Gasteiger partial charge in [0.15, 0.2) is 5.96 Å². The molecule has 0 aromatic heterocycles. The van der Waals surface area contributed by atoms with Crippen molar-refractivity contribution < 1.29 is 5.11 Å². The van der Waals surface area contributed by atoms with Crippen LogP contribution in [0.15, 0.2) is 35.3 Å². The van der Waals surface area contributed by atoms with Crippen LogP contribution in [-0.4, -0.2) is 55.7 Å². The van der Waals surface area contributed by atoms with Gasteiger partial charge in [-0.2, -0.15) is 0 Å². The number of aliphatic hydroxyl groups is 1. The number of rotatable bonds is 10. The molecule has 136 valence electrons. The van der Waals surface area contributed by atoms with Gasteiger partial charge in [-0.3, -0.25) is 0 Å². The first kappa shape index (κ1) is 20.5. The molecule has 0 aliphatic heterocycles. The van der Waals surface area contributed by atoms with Crippen molar-refractivity contribution in [1.82, 2.24) is 15.5 Å². The standard InChI is InChI=1S/C19H34N4O/c1-5-7-14-23(4)15-13-21-18(20-6-2)22-16-19(3,24)17-11-9-8-10-12-17/h8-12,24H,5-7,13-16H2,1-4H3,(H2,20,21,22). The Balaban J connectivity index is 2.53. The summed E-state index contributed by atoms with van der Waals surface area (Å²) in [6.07, 6.45) is 2.45. The van der Waals surface area contributed by atoms with E-state index < -0.39 is 5.60 Å². The molecule has 0 bridgehead atoms. The van der Waals surface area contributed by atoms with E-state index in [1.165, 1.54) is 12.8 Å². The van der Waals surface area contributed by atoms with E-state index in [-0.39, 0.29) is 0 Å². The number of unbranched alkanes of at least 4 members (excludes halogenated alkanes) is 1. The number of likely N-dealkylation sites (N-methyl/N-ethyl adjacent to an activating group) is 1. The lowest BCUT2D eigenvalue weighted by atomic mass is 9.96. The summed E-state index contributed by atoms with van der Waals surface area (Å²) >= 11 is 0. The van der Waals surface area contributed by atoms with Gasteiger partial charge < -0.3 is 20.6 Å². The van der Waals surface area contributed by atoms with Gasteiger partial charge in [0, 0.05) is 19.6 Å². The summed E-state index contributed by atoms with van der Waals surface area (Å²) in [5, 5.41) is 17.2. The average molecular weight is 335 g/mol. The second-order valence-corrected chi connectivity index (χ2v) is 6.42. The molecule has 1 unspecified atom stereocenters. The maximum Gasteiger partial charge on any atom is 0.191 e. The van der Waals surface area contributed by atoms with E-state index in [9.17, 15) is 5.11 Å². The molecule has 0 spiro atoms. The lowest BCUT2D eigenvalue weighted by Crippen LogP contribution is -2.42. The Morgan fingerprint density at radius 1 is 1.17 bits per heavy atom. The highest BCUT2D eigenvalue weighted by atomic mass is 16.3. The predicted octanol–water partition coefficient (Wildman–Crippen LogP) is 2.18. The Labute approximate surface area is 147 Å². The number of hydrogen-bond donors (Lipinski definition) is 3. The van der Waals surface area contributed by atoms with E-state index in [2.05, 4.69) is 34.5 Å². The third-order valence-corrected chi connectivity index (χ3v) is 3.96. The molecule has 0 aliphatic carbocycles. The number of nitrogens with zero attached hydrogens (tertiary/aromatic N) is 2. The van der Waals surface area contributed by atoms with Crippen LogP contribution in [0.25, 0.3) is 0 Å². The summed E-state index contributed by atoms with van der Waals surface area (Å²) in [5.74, 6) is 0.748. The number of benzene rings is 1. The molecular weight excluding hydrogens is 300 g/mol. The van der Waals surface area contributed by atoms with E-state index in [4.69, 9.17) is 0 Å². The van der Waals surface area contributed by atoms with Crippen LogP contribution < -0.4 is 10.6 Å². The summed E-state index contributed by atoms with van der Waals surface area (Å²) < 4.78 is 0. The Bertz CT molecular complexity index is 474. The van der Waals surface area contributed by atoms with Crippen molar-refractivity contribution in [2.75, 3.05) is 39.8 Å². The fourth-order valence-corrected chi connectivity index (χ4v) is 2.37. The fourth-order valence-electron chi connectivity index (χ4n) is 2.37. The normalized spacial score (nSPS) is 14.5. The van der Waals surface area contributed by atoms with E-state index in [1.807, 2.05) is 37.3 Å². The van der Waals surface area contributed by atoms with Gasteiger partial charge in [0.05, 0.1) is 6.54 Å². The minimum atomic E-state index is -0.971. The first-order chi connectivity index (χ1) is 11.5. The van der Waals surface area contributed by atoms with Crippen LogP contribution in [-0.2, 0) is 5.60 Å². The van der Waals surface area contributed by atoms with E-state index in [1.54, 1.807) is 6.92 Å². The minimum Gasteiger partial charge on any atom is -0.384 e. The molecular formula is C19H34N4O. The second kappa shape index (κ2) is 11.0. The highest BCUT2D eigenvalue weighted by Crippen LogP contribution is 2.20. The maximum atomic E-state index is 10.6. The second-order valence-electron chi connectivity index (χ2n) is 6.42. The van der Waals surface area contributed by atoms with Crippen LogP contribution in [0.1, 0.15) is 39.2 Å². The van der Waals surface area contributed by atoms with E-state index in [0.29, 0.717) is 6.54 Å². The Morgan fingerprint density at radius 3 is 2.50 bits per heavy atom. The summed E-state index contributed by atoms with van der Waals surface area (Å²) in [5.41, 5.74) is -0.0921. The van der Waals surface area contributed by atoms with E-state index in [0.717, 1.165) is 37.7 Å². The molecule has 1 rings (SSSR count). The molecule has 24 heavy (non-hydrogen) atoms. The monoisotopic (exact) mass is 334 g/mol. The smallest absolute Gasteiger partial charge is 0.191 e. The number of nitrogens with one attached hydrogen (secondary N) is 2. The van der Waals surface area contributed by atoms with Crippen molar-refractivity contribution in [1.29, 1.82) is 0 Å². The SMILES string of the molecule is CCCCN(C)CCNC(=NCC(C)(O)c1ccccc1)NCC. The van der Waals surface area contributed by atoms with Gasteiger partial charge in [0.1, 0.15) is 5.60 Å². The van der Waals surface area contributed by atoms with Crippen molar-refractivity contribution in [2.45, 2.75) is 39.2 Å². The van der Waals surface area contributed by atoms with Gasteiger partial charge in [-0.15, -0.1) is 0 Å². The van der Waals surface area contributed by atoms with Crippen molar-refractivity contribution >= 4 is 5.96 Å². The maximum absolute atomic E-state index is 10.6. The molecule has 0 saturated carbocycles. The average Bonchev–Trinajstić information content (AvgIpc) is 2.58. The molecule has 5 nitrogen and oxygen atoms in total. The van der Waals surface area contributed by atoms with Crippen LogP contribution in [0, 0.1) is 0 Å². The highest BCUT2D eigenvalue weighted by Gasteiger charge is 2.22. The van der Waals surface area contributed by atoms with Gasteiger partial charge in [-0.05, 0) is 39.4 Å². The molecule has 5 heteroatoms. The summed E-state index contributed by atoms with van der Waals surface area (Å²) in [4.78, 5) is 6.87. The topological polar surface area (TPSA) is 59.9 Å².